The minimum absolute atomic E-state index is 0.172. The van der Waals surface area contributed by atoms with Crippen molar-refractivity contribution in [1.29, 1.82) is 0 Å². The summed E-state index contributed by atoms with van der Waals surface area (Å²) in [5, 5.41) is 0. The van der Waals surface area contributed by atoms with E-state index in [1.165, 1.54) is 18.2 Å². The van der Waals surface area contributed by atoms with Crippen LogP contribution >= 0.6 is 0 Å². The van der Waals surface area contributed by atoms with Gasteiger partial charge in [0, 0.05) is 31.9 Å². The quantitative estimate of drug-likeness (QED) is 0.754. The van der Waals surface area contributed by atoms with Gasteiger partial charge in [0.2, 0.25) is 0 Å². The van der Waals surface area contributed by atoms with Crippen LogP contribution in [0.1, 0.15) is 10.4 Å². The molecule has 0 radical (unpaired) electrons. The number of halogens is 1. The summed E-state index contributed by atoms with van der Waals surface area (Å²) in [6.45, 7) is 2.03. The Balaban J connectivity index is 1.48. The number of nitrogens with zero attached hydrogens (tertiary/aromatic N) is 2. The van der Waals surface area contributed by atoms with Crippen LogP contribution in [0, 0.1) is 5.82 Å². The van der Waals surface area contributed by atoms with Crippen molar-refractivity contribution in [3.63, 3.8) is 0 Å². The van der Waals surface area contributed by atoms with Gasteiger partial charge in [-0.1, -0.05) is 12.1 Å². The van der Waals surface area contributed by atoms with Crippen molar-refractivity contribution in [2.45, 2.75) is 0 Å². The molecule has 1 fully saturated rings. The highest BCUT2D eigenvalue weighted by molar-refractivity contribution is 5.91. The molecule has 142 valence electrons. The third kappa shape index (κ3) is 4.55. The molecule has 0 spiro atoms. The van der Waals surface area contributed by atoms with E-state index in [-0.39, 0.29) is 11.5 Å². The molecular weight excluding hydrogens is 351 g/mol. The van der Waals surface area contributed by atoms with Crippen LogP contribution in [-0.4, -0.2) is 56.7 Å². The van der Waals surface area contributed by atoms with E-state index in [9.17, 15) is 14.0 Å². The summed E-state index contributed by atoms with van der Waals surface area (Å²) in [4.78, 5) is 28.0. The molecule has 1 saturated heterocycles. The number of rotatable bonds is 5. The Morgan fingerprint density at radius 2 is 1.67 bits per heavy atom. The minimum Gasteiger partial charge on any atom is -0.497 e. The van der Waals surface area contributed by atoms with Crippen LogP contribution in [0.15, 0.2) is 48.5 Å². The minimum atomic E-state index is -0.835. The van der Waals surface area contributed by atoms with Gasteiger partial charge in [0.25, 0.3) is 5.91 Å². The first kappa shape index (κ1) is 18.7. The van der Waals surface area contributed by atoms with Gasteiger partial charge in [-0.3, -0.25) is 4.79 Å². The summed E-state index contributed by atoms with van der Waals surface area (Å²) in [6, 6.07) is 13.3. The second-order valence-electron chi connectivity index (χ2n) is 6.12. The number of esters is 1. The zero-order chi connectivity index (χ0) is 19.2. The Hall–Kier alpha value is -3.09. The Labute approximate surface area is 157 Å². The molecular formula is C20H21FN2O4. The fourth-order valence-corrected chi connectivity index (χ4v) is 2.93. The number of amides is 1. The van der Waals surface area contributed by atoms with E-state index in [0.717, 1.165) is 11.4 Å². The van der Waals surface area contributed by atoms with Crippen molar-refractivity contribution in [3.8, 4) is 5.75 Å². The van der Waals surface area contributed by atoms with Crippen molar-refractivity contribution in [2.75, 3.05) is 44.8 Å². The van der Waals surface area contributed by atoms with Crippen LogP contribution in [0.3, 0.4) is 0 Å². The number of ether oxygens (including phenoxy) is 2. The van der Waals surface area contributed by atoms with E-state index in [1.807, 2.05) is 24.3 Å². The lowest BCUT2D eigenvalue weighted by atomic mass is 10.2. The lowest BCUT2D eigenvalue weighted by Gasteiger charge is -2.36. The van der Waals surface area contributed by atoms with Crippen LogP contribution in [0.4, 0.5) is 10.1 Å². The molecule has 3 rings (SSSR count). The van der Waals surface area contributed by atoms with E-state index in [1.54, 1.807) is 18.1 Å². The normalized spacial score (nSPS) is 14.0. The highest BCUT2D eigenvalue weighted by Gasteiger charge is 2.23. The van der Waals surface area contributed by atoms with Gasteiger partial charge in [0.15, 0.2) is 6.61 Å². The molecule has 1 amide bonds. The van der Waals surface area contributed by atoms with Gasteiger partial charge in [-0.2, -0.15) is 0 Å². The smallest absolute Gasteiger partial charge is 0.341 e. The summed E-state index contributed by atoms with van der Waals surface area (Å²) in [6.07, 6.45) is 0. The molecule has 0 aliphatic carbocycles. The Bertz CT molecular complexity index is 802. The molecule has 0 N–H and O–H groups in total. The van der Waals surface area contributed by atoms with Crippen LogP contribution in [0.5, 0.6) is 5.75 Å². The van der Waals surface area contributed by atoms with Crippen LogP contribution in [0.25, 0.3) is 0 Å². The molecule has 2 aromatic rings. The fourth-order valence-electron chi connectivity index (χ4n) is 2.93. The number of hydrogen-bond acceptors (Lipinski definition) is 5. The number of carbonyl (C=O) groups is 2. The summed E-state index contributed by atoms with van der Waals surface area (Å²) in [5.41, 5.74) is 0.892. The van der Waals surface area contributed by atoms with Gasteiger partial charge in [0.05, 0.1) is 12.7 Å². The van der Waals surface area contributed by atoms with Crippen molar-refractivity contribution < 1.29 is 23.5 Å². The molecule has 0 aromatic heterocycles. The van der Waals surface area contributed by atoms with Gasteiger partial charge >= 0.3 is 5.97 Å². The molecule has 1 heterocycles. The first-order chi connectivity index (χ1) is 13.1. The first-order valence-corrected chi connectivity index (χ1v) is 8.67. The van der Waals surface area contributed by atoms with Gasteiger partial charge in [-0.15, -0.1) is 0 Å². The van der Waals surface area contributed by atoms with E-state index < -0.39 is 18.4 Å². The molecule has 0 unspecified atom stereocenters. The predicted octanol–water partition coefficient (Wildman–Crippen LogP) is 2.34. The van der Waals surface area contributed by atoms with Crippen molar-refractivity contribution >= 4 is 17.6 Å². The SMILES string of the molecule is COc1ccc(N2CCN(C(=O)COC(=O)c3ccccc3F)CC2)cc1. The summed E-state index contributed by atoms with van der Waals surface area (Å²) < 4.78 is 23.7. The van der Waals surface area contributed by atoms with E-state index >= 15 is 0 Å². The van der Waals surface area contributed by atoms with E-state index in [4.69, 9.17) is 9.47 Å². The summed E-state index contributed by atoms with van der Waals surface area (Å²) in [5.74, 6) is -0.986. The molecule has 1 aliphatic heterocycles. The highest BCUT2D eigenvalue weighted by Crippen LogP contribution is 2.20. The van der Waals surface area contributed by atoms with E-state index in [2.05, 4.69) is 4.90 Å². The third-order valence-electron chi connectivity index (χ3n) is 4.49. The molecule has 1 aliphatic rings. The van der Waals surface area contributed by atoms with E-state index in [0.29, 0.717) is 26.2 Å². The first-order valence-electron chi connectivity index (χ1n) is 8.67. The van der Waals surface area contributed by atoms with Crippen molar-refractivity contribution in [1.82, 2.24) is 4.90 Å². The van der Waals surface area contributed by atoms with Crippen molar-refractivity contribution in [2.24, 2.45) is 0 Å². The fraction of sp³-hybridized carbons (Fsp3) is 0.300. The molecule has 7 heteroatoms. The Morgan fingerprint density at radius 1 is 1.00 bits per heavy atom. The zero-order valence-corrected chi connectivity index (χ0v) is 15.1. The maximum Gasteiger partial charge on any atom is 0.341 e. The second kappa shape index (κ2) is 8.53. The number of methoxy groups -OCH3 is 1. The second-order valence-corrected chi connectivity index (χ2v) is 6.12. The Morgan fingerprint density at radius 3 is 2.30 bits per heavy atom. The molecule has 0 saturated carbocycles. The maximum absolute atomic E-state index is 13.6. The lowest BCUT2D eigenvalue weighted by Crippen LogP contribution is -2.49. The number of hydrogen-bond donors (Lipinski definition) is 0. The summed E-state index contributed by atoms with van der Waals surface area (Å²) in [7, 11) is 1.62. The molecule has 2 aromatic carbocycles. The zero-order valence-electron chi connectivity index (χ0n) is 15.1. The van der Waals surface area contributed by atoms with Crippen molar-refractivity contribution in [3.05, 3.63) is 59.9 Å². The number of carbonyl (C=O) groups excluding carboxylic acids is 2. The topological polar surface area (TPSA) is 59.1 Å². The van der Waals surface area contributed by atoms with Gasteiger partial charge in [-0.05, 0) is 36.4 Å². The average molecular weight is 372 g/mol. The molecule has 0 atom stereocenters. The number of benzene rings is 2. The maximum atomic E-state index is 13.6. The lowest BCUT2D eigenvalue weighted by molar-refractivity contribution is -0.134. The van der Waals surface area contributed by atoms with Crippen LogP contribution in [0.2, 0.25) is 0 Å². The third-order valence-corrected chi connectivity index (χ3v) is 4.49. The Kier molecular flexibility index (Phi) is 5.90. The van der Waals surface area contributed by atoms with Gasteiger partial charge in [-0.25, -0.2) is 9.18 Å². The van der Waals surface area contributed by atoms with Crippen LogP contribution < -0.4 is 9.64 Å². The number of piperazine rings is 1. The standard InChI is InChI=1S/C20H21FN2O4/c1-26-16-8-6-15(7-9-16)22-10-12-23(13-11-22)19(24)14-27-20(25)17-4-2-3-5-18(17)21/h2-9H,10-14H2,1H3. The highest BCUT2D eigenvalue weighted by atomic mass is 19.1. The predicted molar refractivity (Wildman–Crippen MR) is 98.5 cm³/mol. The monoisotopic (exact) mass is 372 g/mol. The number of anilines is 1. The molecule has 27 heavy (non-hydrogen) atoms. The largest absolute Gasteiger partial charge is 0.497 e. The van der Waals surface area contributed by atoms with Crippen LogP contribution in [-0.2, 0) is 9.53 Å². The van der Waals surface area contributed by atoms with Gasteiger partial charge in [0.1, 0.15) is 11.6 Å². The molecule has 6 nitrogen and oxygen atoms in total. The molecule has 0 bridgehead atoms. The van der Waals surface area contributed by atoms with Gasteiger partial charge < -0.3 is 19.3 Å². The summed E-state index contributed by atoms with van der Waals surface area (Å²) >= 11 is 0. The average Bonchev–Trinajstić information content (AvgIpc) is 2.72.